The quantitative estimate of drug-likeness (QED) is 0.216. The lowest BCUT2D eigenvalue weighted by Gasteiger charge is -2.11. The molecule has 10 heteroatoms. The summed E-state index contributed by atoms with van der Waals surface area (Å²) in [5.74, 6) is 0.678. The van der Waals surface area contributed by atoms with E-state index >= 15 is 0 Å². The summed E-state index contributed by atoms with van der Waals surface area (Å²) in [5, 5.41) is 4.83. The summed E-state index contributed by atoms with van der Waals surface area (Å²) in [6.07, 6.45) is 1.60. The lowest BCUT2D eigenvalue weighted by Crippen LogP contribution is -2.20. The molecule has 0 unspecified atom stereocenters. The minimum absolute atomic E-state index is 0.153. The van der Waals surface area contributed by atoms with Crippen molar-refractivity contribution in [1.29, 1.82) is 0 Å². The Balaban J connectivity index is 1.90. The van der Waals surface area contributed by atoms with Gasteiger partial charge in [0.2, 0.25) is 0 Å². The van der Waals surface area contributed by atoms with Gasteiger partial charge in [-0.1, -0.05) is 15.9 Å². The van der Waals surface area contributed by atoms with E-state index in [2.05, 4.69) is 71.2 Å². The maximum Gasteiger partial charge on any atom is 0.344 e. The lowest BCUT2D eigenvalue weighted by atomic mass is 10.2. The number of nitrogens with zero attached hydrogens (tertiary/aromatic N) is 3. The van der Waals surface area contributed by atoms with Gasteiger partial charge in [0.25, 0.3) is 5.56 Å². The van der Waals surface area contributed by atoms with E-state index in [0.29, 0.717) is 29.1 Å². The van der Waals surface area contributed by atoms with Crippen LogP contribution in [0.3, 0.4) is 0 Å². The number of halogens is 3. The largest absolute Gasteiger partial charge is 0.480 e. The Morgan fingerprint density at radius 1 is 1.27 bits per heavy atom. The van der Waals surface area contributed by atoms with Crippen molar-refractivity contribution in [3.63, 3.8) is 0 Å². The van der Waals surface area contributed by atoms with Crippen LogP contribution in [0.15, 0.2) is 44.7 Å². The van der Waals surface area contributed by atoms with Gasteiger partial charge in [-0.05, 0) is 94.9 Å². The first kappa shape index (κ1) is 23.1. The lowest BCUT2D eigenvalue weighted by molar-refractivity contribution is -0.145. The molecule has 0 saturated carbocycles. The molecule has 0 bridgehead atoms. The van der Waals surface area contributed by atoms with E-state index in [4.69, 9.17) is 9.47 Å². The second-order valence-corrected chi connectivity index (χ2v) is 9.33. The Labute approximate surface area is 208 Å². The minimum Gasteiger partial charge on any atom is -0.480 e. The van der Waals surface area contributed by atoms with Crippen LogP contribution in [-0.2, 0) is 9.53 Å². The van der Waals surface area contributed by atoms with Crippen LogP contribution < -0.4 is 10.3 Å². The normalized spacial score (nSPS) is 11.2. The van der Waals surface area contributed by atoms with Crippen LogP contribution in [0.5, 0.6) is 5.75 Å². The SMILES string of the molecule is CCOC(=O)COc1c(I)cc(C=Nn2c(C)nc3ccc(Br)cc3c2=O)cc1I. The molecule has 0 aliphatic heterocycles. The molecule has 0 atom stereocenters. The molecular weight excluding hydrogens is 680 g/mol. The van der Waals surface area contributed by atoms with Crippen molar-refractivity contribution >= 4 is 84.2 Å². The highest BCUT2D eigenvalue weighted by atomic mass is 127. The molecule has 2 aromatic carbocycles. The van der Waals surface area contributed by atoms with Crippen LogP contribution in [0, 0.1) is 14.1 Å². The van der Waals surface area contributed by atoms with Crippen LogP contribution in [0.1, 0.15) is 18.3 Å². The van der Waals surface area contributed by atoms with E-state index in [9.17, 15) is 9.59 Å². The third-order valence-electron chi connectivity index (χ3n) is 3.95. The second kappa shape index (κ2) is 10.2. The summed E-state index contributed by atoms with van der Waals surface area (Å²) < 4.78 is 14.2. The molecule has 3 rings (SSSR count). The molecule has 0 radical (unpaired) electrons. The highest BCUT2D eigenvalue weighted by molar-refractivity contribution is 14.1. The average Bonchev–Trinajstić information content (AvgIpc) is 2.68. The monoisotopic (exact) mass is 695 g/mol. The average molecular weight is 696 g/mol. The van der Waals surface area contributed by atoms with Crippen molar-refractivity contribution in [2.45, 2.75) is 13.8 Å². The second-order valence-electron chi connectivity index (χ2n) is 6.09. The fraction of sp³-hybridized carbons (Fsp3) is 0.200. The van der Waals surface area contributed by atoms with Gasteiger partial charge in [0.1, 0.15) is 11.6 Å². The first-order chi connectivity index (χ1) is 14.3. The predicted octanol–water partition coefficient (Wildman–Crippen LogP) is 4.50. The number of carbonyl (C=O) groups is 1. The van der Waals surface area contributed by atoms with Gasteiger partial charge in [0.05, 0.1) is 30.9 Å². The molecule has 0 amide bonds. The molecule has 156 valence electrons. The van der Waals surface area contributed by atoms with Crippen molar-refractivity contribution in [2.75, 3.05) is 13.2 Å². The van der Waals surface area contributed by atoms with Crippen LogP contribution in [0.2, 0.25) is 0 Å². The minimum atomic E-state index is -0.417. The summed E-state index contributed by atoms with van der Waals surface area (Å²) in [4.78, 5) is 28.8. The van der Waals surface area contributed by atoms with Crippen LogP contribution >= 0.6 is 61.1 Å². The number of aryl methyl sites for hydroxylation is 1. The highest BCUT2D eigenvalue weighted by Gasteiger charge is 2.12. The van der Waals surface area contributed by atoms with Gasteiger partial charge in [-0.2, -0.15) is 9.78 Å². The molecule has 3 aromatic rings. The Morgan fingerprint density at radius 3 is 2.63 bits per heavy atom. The third kappa shape index (κ3) is 5.38. The van der Waals surface area contributed by atoms with E-state index in [1.54, 1.807) is 32.2 Å². The summed E-state index contributed by atoms with van der Waals surface area (Å²) in [6, 6.07) is 9.09. The fourth-order valence-electron chi connectivity index (χ4n) is 2.65. The van der Waals surface area contributed by atoms with E-state index < -0.39 is 5.97 Å². The molecular formula is C20H16BrI2N3O4. The molecule has 0 aliphatic rings. The summed E-state index contributed by atoms with van der Waals surface area (Å²) >= 11 is 7.65. The maximum absolute atomic E-state index is 12.8. The maximum atomic E-state index is 12.8. The van der Waals surface area contributed by atoms with Gasteiger partial charge < -0.3 is 9.47 Å². The molecule has 1 heterocycles. The van der Waals surface area contributed by atoms with Gasteiger partial charge in [-0.25, -0.2) is 9.78 Å². The molecule has 0 saturated heterocycles. The number of benzene rings is 2. The van der Waals surface area contributed by atoms with E-state index in [-0.39, 0.29) is 12.2 Å². The smallest absolute Gasteiger partial charge is 0.344 e. The van der Waals surface area contributed by atoms with Gasteiger partial charge in [0, 0.05) is 4.47 Å². The number of hydrogen-bond donors (Lipinski definition) is 0. The number of carbonyl (C=O) groups excluding carboxylic acids is 1. The number of esters is 1. The molecule has 0 aliphatic carbocycles. The van der Waals surface area contributed by atoms with Crippen molar-refractivity contribution in [3.8, 4) is 5.75 Å². The molecule has 0 spiro atoms. The van der Waals surface area contributed by atoms with E-state index in [1.165, 1.54) is 4.68 Å². The van der Waals surface area contributed by atoms with E-state index in [1.807, 2.05) is 18.2 Å². The zero-order chi connectivity index (χ0) is 21.8. The summed E-state index contributed by atoms with van der Waals surface area (Å²) in [5.41, 5.74) is 1.17. The van der Waals surface area contributed by atoms with Crippen LogP contribution in [-0.4, -0.2) is 35.1 Å². The van der Waals surface area contributed by atoms with Gasteiger partial charge in [0.15, 0.2) is 6.61 Å². The summed E-state index contributed by atoms with van der Waals surface area (Å²) in [7, 11) is 0. The first-order valence-electron chi connectivity index (χ1n) is 8.81. The number of hydrogen-bond acceptors (Lipinski definition) is 6. The molecule has 30 heavy (non-hydrogen) atoms. The highest BCUT2D eigenvalue weighted by Crippen LogP contribution is 2.28. The number of rotatable bonds is 6. The van der Waals surface area contributed by atoms with Gasteiger partial charge >= 0.3 is 5.97 Å². The molecule has 0 N–H and O–H groups in total. The predicted molar refractivity (Wildman–Crippen MR) is 135 cm³/mol. The standard InChI is InChI=1S/C20H16BrI2N3O4/c1-3-29-18(27)10-30-19-15(22)6-12(7-16(19)23)9-24-26-11(2)25-17-5-4-13(21)8-14(17)20(26)28/h4-9H,3,10H2,1-2H3. The molecule has 0 fully saturated rings. The Morgan fingerprint density at radius 2 is 1.97 bits per heavy atom. The Kier molecular flexibility index (Phi) is 7.85. The Bertz CT molecular complexity index is 1190. The van der Waals surface area contributed by atoms with Gasteiger partial charge in [-0.3, -0.25) is 4.79 Å². The first-order valence-corrected chi connectivity index (χ1v) is 11.8. The molecule has 1 aromatic heterocycles. The van der Waals surface area contributed by atoms with Gasteiger partial charge in [-0.15, -0.1) is 0 Å². The van der Waals surface area contributed by atoms with Crippen molar-refractivity contribution < 1.29 is 14.3 Å². The number of aromatic nitrogens is 2. The van der Waals surface area contributed by atoms with Crippen molar-refractivity contribution in [3.05, 3.63) is 63.7 Å². The van der Waals surface area contributed by atoms with Crippen LogP contribution in [0.4, 0.5) is 0 Å². The zero-order valence-electron chi connectivity index (χ0n) is 16.0. The fourth-order valence-corrected chi connectivity index (χ4v) is 5.13. The third-order valence-corrected chi connectivity index (χ3v) is 6.05. The number of ether oxygens (including phenoxy) is 2. The Hall–Kier alpha value is -1.54. The topological polar surface area (TPSA) is 82.8 Å². The van der Waals surface area contributed by atoms with Crippen molar-refractivity contribution in [1.82, 2.24) is 9.66 Å². The molecule has 7 nitrogen and oxygen atoms in total. The summed E-state index contributed by atoms with van der Waals surface area (Å²) in [6.45, 7) is 3.64. The van der Waals surface area contributed by atoms with Crippen LogP contribution in [0.25, 0.3) is 10.9 Å². The number of fused-ring (bicyclic) bond motifs is 1. The van der Waals surface area contributed by atoms with E-state index in [0.717, 1.165) is 17.2 Å². The zero-order valence-corrected chi connectivity index (χ0v) is 21.9. The van der Waals surface area contributed by atoms with Crippen molar-refractivity contribution in [2.24, 2.45) is 5.10 Å².